The lowest BCUT2D eigenvalue weighted by molar-refractivity contribution is 0.414. The lowest BCUT2D eigenvalue weighted by atomic mass is 10.1. The first kappa shape index (κ1) is 10.3. The summed E-state index contributed by atoms with van der Waals surface area (Å²) in [6, 6.07) is 7.58. The topological polar surface area (TPSA) is 80.2 Å². The molecule has 0 atom stereocenters. The highest BCUT2D eigenvalue weighted by atomic mass is 16.5. The average Bonchev–Trinajstić information content (AvgIpc) is 2.78. The number of hydrogen-bond acceptors (Lipinski definition) is 5. The summed E-state index contributed by atoms with van der Waals surface area (Å²) in [6.07, 6.45) is 0.576. The minimum absolute atomic E-state index is 0.0662. The van der Waals surface area contributed by atoms with Crippen molar-refractivity contribution in [1.29, 1.82) is 0 Å². The van der Waals surface area contributed by atoms with Crippen LogP contribution >= 0.6 is 0 Å². The van der Waals surface area contributed by atoms with Crippen molar-refractivity contribution in [3.05, 3.63) is 40.6 Å². The van der Waals surface area contributed by atoms with Gasteiger partial charge in [0, 0.05) is 11.6 Å². The van der Waals surface area contributed by atoms with Crippen LogP contribution in [0, 0.1) is 4.91 Å². The van der Waals surface area contributed by atoms with Crippen molar-refractivity contribution in [3.8, 4) is 5.75 Å². The number of aromatic nitrogens is 3. The molecule has 0 radical (unpaired) electrons. The van der Waals surface area contributed by atoms with Gasteiger partial charge in [-0.15, -0.1) is 10.0 Å². The van der Waals surface area contributed by atoms with Gasteiger partial charge in [0.2, 0.25) is 0 Å². The van der Waals surface area contributed by atoms with E-state index in [1.807, 2.05) is 24.3 Å². The standard InChI is InChI=1S/C10H10N4O2/c1-16-8-4-2-7(3-5-8)6-9-11-10(14-15)13-12-9/h2-5H,6H2,1H3,(H,11,12,13). The van der Waals surface area contributed by atoms with E-state index in [0.717, 1.165) is 11.3 Å². The number of benzene rings is 1. The van der Waals surface area contributed by atoms with Gasteiger partial charge in [0.05, 0.1) is 7.11 Å². The smallest absolute Gasteiger partial charge is 0.309 e. The van der Waals surface area contributed by atoms with Crippen LogP contribution in [0.2, 0.25) is 0 Å². The molecule has 1 aromatic carbocycles. The third kappa shape index (κ3) is 2.22. The molecule has 0 fully saturated rings. The van der Waals surface area contributed by atoms with Crippen LogP contribution in [-0.4, -0.2) is 22.3 Å². The van der Waals surface area contributed by atoms with Crippen LogP contribution in [0.25, 0.3) is 0 Å². The van der Waals surface area contributed by atoms with Gasteiger partial charge in [-0.1, -0.05) is 12.1 Å². The number of rotatable bonds is 4. The van der Waals surface area contributed by atoms with E-state index in [2.05, 4.69) is 20.4 Å². The number of H-pyrrole nitrogens is 1. The summed E-state index contributed by atoms with van der Waals surface area (Å²) in [5, 5.41) is 8.91. The first-order valence-electron chi connectivity index (χ1n) is 4.69. The summed E-state index contributed by atoms with van der Waals surface area (Å²) in [7, 11) is 1.62. The first-order valence-corrected chi connectivity index (χ1v) is 4.69. The molecule has 0 amide bonds. The second kappa shape index (κ2) is 4.52. The molecule has 0 saturated heterocycles. The second-order valence-electron chi connectivity index (χ2n) is 3.20. The molecule has 1 aromatic heterocycles. The zero-order valence-electron chi connectivity index (χ0n) is 8.67. The predicted molar refractivity (Wildman–Crippen MR) is 57.6 cm³/mol. The zero-order chi connectivity index (χ0) is 11.4. The Labute approximate surface area is 91.6 Å². The van der Waals surface area contributed by atoms with E-state index in [1.54, 1.807) is 7.11 Å². The molecule has 0 unspecified atom stereocenters. The van der Waals surface area contributed by atoms with E-state index >= 15 is 0 Å². The predicted octanol–water partition coefficient (Wildman–Crippen LogP) is 1.80. The van der Waals surface area contributed by atoms with Gasteiger partial charge in [0.25, 0.3) is 0 Å². The molecule has 0 bridgehead atoms. The molecular formula is C10H10N4O2. The highest BCUT2D eigenvalue weighted by molar-refractivity contribution is 5.29. The lowest BCUT2D eigenvalue weighted by Gasteiger charge is -2.00. The molecule has 0 aliphatic rings. The van der Waals surface area contributed by atoms with E-state index in [9.17, 15) is 4.91 Å². The Morgan fingerprint density at radius 1 is 1.38 bits per heavy atom. The summed E-state index contributed by atoms with van der Waals surface area (Å²) >= 11 is 0. The molecule has 0 aliphatic carbocycles. The highest BCUT2D eigenvalue weighted by Crippen LogP contribution is 2.14. The maximum absolute atomic E-state index is 10.1. The van der Waals surface area contributed by atoms with Crippen molar-refractivity contribution in [2.45, 2.75) is 6.42 Å². The quantitative estimate of drug-likeness (QED) is 0.793. The van der Waals surface area contributed by atoms with Gasteiger partial charge in [-0.05, 0) is 17.7 Å². The maximum Gasteiger partial charge on any atom is 0.309 e. The molecule has 1 N–H and O–H groups in total. The second-order valence-corrected chi connectivity index (χ2v) is 3.20. The lowest BCUT2D eigenvalue weighted by Crippen LogP contribution is -1.91. The van der Waals surface area contributed by atoms with Crippen molar-refractivity contribution in [2.75, 3.05) is 7.11 Å². The van der Waals surface area contributed by atoms with Crippen LogP contribution in [0.1, 0.15) is 11.4 Å². The molecule has 0 aliphatic heterocycles. The number of ether oxygens (including phenoxy) is 1. The average molecular weight is 218 g/mol. The van der Waals surface area contributed by atoms with Gasteiger partial charge in [-0.25, -0.2) is 0 Å². The number of nitrogens with zero attached hydrogens (tertiary/aromatic N) is 3. The number of aromatic amines is 1. The Balaban J connectivity index is 2.10. The molecule has 0 spiro atoms. The molecule has 6 heteroatoms. The summed E-state index contributed by atoms with van der Waals surface area (Å²) < 4.78 is 5.05. The number of hydrogen-bond donors (Lipinski definition) is 1. The highest BCUT2D eigenvalue weighted by Gasteiger charge is 2.03. The molecular weight excluding hydrogens is 208 g/mol. The van der Waals surface area contributed by atoms with Gasteiger partial charge < -0.3 is 4.74 Å². The summed E-state index contributed by atoms with van der Waals surface area (Å²) in [5.41, 5.74) is 1.05. The summed E-state index contributed by atoms with van der Waals surface area (Å²) in [4.78, 5) is 14.0. The van der Waals surface area contributed by atoms with Crippen molar-refractivity contribution < 1.29 is 4.74 Å². The van der Waals surface area contributed by atoms with E-state index in [-0.39, 0.29) is 5.95 Å². The Hall–Kier alpha value is -2.24. The van der Waals surface area contributed by atoms with E-state index in [4.69, 9.17) is 4.74 Å². The Morgan fingerprint density at radius 2 is 2.12 bits per heavy atom. The third-order valence-electron chi connectivity index (χ3n) is 2.13. The first-order chi connectivity index (χ1) is 7.81. The molecule has 2 aromatic rings. The number of nitrogens with one attached hydrogen (secondary N) is 1. The fourth-order valence-electron chi connectivity index (χ4n) is 1.34. The van der Waals surface area contributed by atoms with Crippen molar-refractivity contribution in [1.82, 2.24) is 15.2 Å². The third-order valence-corrected chi connectivity index (χ3v) is 2.13. The minimum Gasteiger partial charge on any atom is -0.497 e. The number of nitroso groups, excluding NO2 is 1. The summed E-state index contributed by atoms with van der Waals surface area (Å²) in [5.74, 6) is 1.35. The van der Waals surface area contributed by atoms with Gasteiger partial charge in [0.1, 0.15) is 11.6 Å². The fourth-order valence-corrected chi connectivity index (χ4v) is 1.34. The molecule has 2 rings (SSSR count). The van der Waals surface area contributed by atoms with Gasteiger partial charge in [-0.3, -0.25) is 5.10 Å². The van der Waals surface area contributed by atoms with E-state index in [0.29, 0.717) is 12.2 Å². The molecule has 16 heavy (non-hydrogen) atoms. The Bertz CT molecular complexity index is 478. The minimum atomic E-state index is -0.0662. The van der Waals surface area contributed by atoms with Gasteiger partial charge in [-0.2, -0.15) is 4.98 Å². The van der Waals surface area contributed by atoms with Gasteiger partial charge >= 0.3 is 5.95 Å². The molecule has 6 nitrogen and oxygen atoms in total. The van der Waals surface area contributed by atoms with Gasteiger partial charge in [0.15, 0.2) is 0 Å². The number of methoxy groups -OCH3 is 1. The van der Waals surface area contributed by atoms with Crippen LogP contribution in [0.4, 0.5) is 5.95 Å². The van der Waals surface area contributed by atoms with Crippen LogP contribution in [0.3, 0.4) is 0 Å². The van der Waals surface area contributed by atoms with Crippen LogP contribution < -0.4 is 4.74 Å². The fraction of sp³-hybridized carbons (Fsp3) is 0.200. The van der Waals surface area contributed by atoms with E-state index in [1.165, 1.54) is 0 Å². The molecule has 82 valence electrons. The Morgan fingerprint density at radius 3 is 2.69 bits per heavy atom. The van der Waals surface area contributed by atoms with E-state index < -0.39 is 0 Å². The maximum atomic E-state index is 10.1. The summed E-state index contributed by atoms with van der Waals surface area (Å²) in [6.45, 7) is 0. The van der Waals surface area contributed by atoms with Crippen LogP contribution in [-0.2, 0) is 6.42 Å². The largest absolute Gasteiger partial charge is 0.497 e. The van der Waals surface area contributed by atoms with Crippen LogP contribution in [0.5, 0.6) is 5.75 Å². The van der Waals surface area contributed by atoms with Crippen molar-refractivity contribution >= 4 is 5.95 Å². The molecule has 1 heterocycles. The van der Waals surface area contributed by atoms with Crippen LogP contribution in [0.15, 0.2) is 29.4 Å². The Kier molecular flexibility index (Phi) is 2.90. The SMILES string of the molecule is COc1ccc(Cc2nc(N=O)n[nH]2)cc1. The monoisotopic (exact) mass is 218 g/mol. The van der Waals surface area contributed by atoms with Crippen molar-refractivity contribution in [3.63, 3.8) is 0 Å². The zero-order valence-corrected chi connectivity index (χ0v) is 8.67. The molecule has 0 saturated carbocycles. The normalized spacial score (nSPS) is 10.1. The van der Waals surface area contributed by atoms with Crippen molar-refractivity contribution in [2.24, 2.45) is 5.18 Å².